The number of nitrogens with two attached hydrogens (primary N) is 1. The van der Waals surface area contributed by atoms with E-state index >= 15 is 0 Å². The van der Waals surface area contributed by atoms with Crippen molar-refractivity contribution in [2.45, 2.75) is 32.7 Å². The van der Waals surface area contributed by atoms with Gasteiger partial charge < -0.3 is 10.2 Å². The van der Waals surface area contributed by atoms with Gasteiger partial charge in [-0.2, -0.15) is 0 Å². The van der Waals surface area contributed by atoms with Crippen molar-refractivity contribution in [2.24, 2.45) is 11.7 Å². The van der Waals surface area contributed by atoms with E-state index in [0.717, 1.165) is 30.5 Å². The van der Waals surface area contributed by atoms with E-state index < -0.39 is 0 Å². The van der Waals surface area contributed by atoms with E-state index in [-0.39, 0.29) is 6.04 Å². The van der Waals surface area contributed by atoms with Crippen molar-refractivity contribution in [2.75, 3.05) is 19.6 Å². The van der Waals surface area contributed by atoms with Crippen molar-refractivity contribution in [3.63, 3.8) is 0 Å². The number of aryl methyl sites for hydroxylation is 1. The topological polar surface area (TPSA) is 42.4 Å². The average Bonchev–Trinajstić information content (AvgIpc) is 2.69. The molecule has 1 atom stereocenters. The van der Waals surface area contributed by atoms with E-state index in [0.29, 0.717) is 6.54 Å². The zero-order valence-corrected chi connectivity index (χ0v) is 10.3. The van der Waals surface area contributed by atoms with Gasteiger partial charge in [-0.25, -0.2) is 0 Å². The van der Waals surface area contributed by atoms with E-state index in [1.54, 1.807) is 0 Å². The van der Waals surface area contributed by atoms with E-state index in [9.17, 15) is 0 Å². The molecule has 3 nitrogen and oxygen atoms in total. The molecule has 1 saturated heterocycles. The van der Waals surface area contributed by atoms with Gasteiger partial charge in [0.05, 0.1) is 6.04 Å². The number of hydrogen-bond donors (Lipinski definition) is 1. The number of nitrogens with zero attached hydrogens (tertiary/aromatic N) is 1. The molecule has 1 aromatic heterocycles. The first-order valence-electron chi connectivity index (χ1n) is 6.21. The van der Waals surface area contributed by atoms with Gasteiger partial charge in [0.15, 0.2) is 0 Å². The van der Waals surface area contributed by atoms with Crippen LogP contribution in [0.15, 0.2) is 16.5 Å². The second-order valence-corrected chi connectivity index (χ2v) is 4.92. The molecule has 1 aromatic rings. The quantitative estimate of drug-likeness (QED) is 0.853. The summed E-state index contributed by atoms with van der Waals surface area (Å²) in [6, 6.07) is 4.34. The van der Waals surface area contributed by atoms with E-state index in [1.807, 2.05) is 13.0 Å². The summed E-state index contributed by atoms with van der Waals surface area (Å²) in [5.41, 5.74) is 5.88. The van der Waals surface area contributed by atoms with Crippen molar-refractivity contribution in [1.82, 2.24) is 4.90 Å². The lowest BCUT2D eigenvalue weighted by atomic mass is 9.97. The molecule has 3 heteroatoms. The molecular weight excluding hydrogens is 200 g/mol. The van der Waals surface area contributed by atoms with Crippen LogP contribution >= 0.6 is 0 Å². The summed E-state index contributed by atoms with van der Waals surface area (Å²) in [6.45, 7) is 7.23. The Morgan fingerprint density at radius 3 is 2.62 bits per heavy atom. The SMILES string of the molecule is Cc1ccc([C@@H](CN)N2CCC(C)CC2)o1. The first-order valence-corrected chi connectivity index (χ1v) is 6.21. The van der Waals surface area contributed by atoms with Crippen LogP contribution in [0.2, 0.25) is 0 Å². The number of furan rings is 1. The maximum atomic E-state index is 5.88. The van der Waals surface area contributed by atoms with Gasteiger partial charge in [-0.3, -0.25) is 4.90 Å². The predicted octanol–water partition coefficient (Wildman–Crippen LogP) is 2.32. The largest absolute Gasteiger partial charge is 0.465 e. The van der Waals surface area contributed by atoms with E-state index in [4.69, 9.17) is 10.2 Å². The maximum absolute atomic E-state index is 5.88. The second kappa shape index (κ2) is 5.02. The monoisotopic (exact) mass is 222 g/mol. The molecule has 0 saturated carbocycles. The Kier molecular flexibility index (Phi) is 3.66. The molecule has 0 spiro atoms. The zero-order valence-electron chi connectivity index (χ0n) is 10.3. The third-order valence-corrected chi connectivity index (χ3v) is 3.57. The number of hydrogen-bond acceptors (Lipinski definition) is 3. The minimum Gasteiger partial charge on any atom is -0.465 e. The molecule has 0 radical (unpaired) electrons. The highest BCUT2D eigenvalue weighted by Crippen LogP contribution is 2.26. The van der Waals surface area contributed by atoms with Crippen LogP contribution in [-0.2, 0) is 0 Å². The van der Waals surface area contributed by atoms with Crippen LogP contribution in [-0.4, -0.2) is 24.5 Å². The van der Waals surface area contributed by atoms with Crippen molar-refractivity contribution in [3.05, 3.63) is 23.7 Å². The van der Waals surface area contributed by atoms with Crippen molar-refractivity contribution in [3.8, 4) is 0 Å². The molecule has 2 N–H and O–H groups in total. The van der Waals surface area contributed by atoms with Gasteiger partial charge in [-0.15, -0.1) is 0 Å². The minimum absolute atomic E-state index is 0.265. The van der Waals surface area contributed by atoms with Crippen LogP contribution in [0.25, 0.3) is 0 Å². The lowest BCUT2D eigenvalue weighted by Crippen LogP contribution is -2.39. The fraction of sp³-hybridized carbons (Fsp3) is 0.692. The number of likely N-dealkylation sites (tertiary alicyclic amines) is 1. The summed E-state index contributed by atoms with van der Waals surface area (Å²) >= 11 is 0. The predicted molar refractivity (Wildman–Crippen MR) is 65.2 cm³/mol. The Morgan fingerprint density at radius 1 is 1.44 bits per heavy atom. The first kappa shape index (κ1) is 11.7. The van der Waals surface area contributed by atoms with Gasteiger partial charge in [0.25, 0.3) is 0 Å². The molecule has 16 heavy (non-hydrogen) atoms. The van der Waals surface area contributed by atoms with Crippen LogP contribution in [0.4, 0.5) is 0 Å². The molecule has 0 unspecified atom stereocenters. The Morgan fingerprint density at radius 2 is 2.12 bits per heavy atom. The molecule has 0 aliphatic carbocycles. The van der Waals surface area contributed by atoms with Gasteiger partial charge in [-0.05, 0) is 50.9 Å². The molecule has 1 aliphatic heterocycles. The second-order valence-electron chi connectivity index (χ2n) is 4.92. The fourth-order valence-electron chi connectivity index (χ4n) is 2.42. The third kappa shape index (κ3) is 2.47. The van der Waals surface area contributed by atoms with Crippen molar-refractivity contribution >= 4 is 0 Å². The fourth-order valence-corrected chi connectivity index (χ4v) is 2.42. The van der Waals surface area contributed by atoms with E-state index in [2.05, 4.69) is 17.9 Å². The highest BCUT2D eigenvalue weighted by molar-refractivity contribution is 5.10. The summed E-state index contributed by atoms with van der Waals surface area (Å²) in [4.78, 5) is 2.46. The summed E-state index contributed by atoms with van der Waals surface area (Å²) < 4.78 is 5.69. The molecular formula is C13H22N2O. The molecule has 0 aromatic carbocycles. The number of piperidine rings is 1. The van der Waals surface area contributed by atoms with Crippen LogP contribution in [0.5, 0.6) is 0 Å². The average molecular weight is 222 g/mol. The zero-order chi connectivity index (χ0) is 11.5. The van der Waals surface area contributed by atoms with Gasteiger partial charge in [-0.1, -0.05) is 6.92 Å². The maximum Gasteiger partial charge on any atom is 0.122 e. The van der Waals surface area contributed by atoms with Gasteiger partial charge in [0, 0.05) is 6.54 Å². The lowest BCUT2D eigenvalue weighted by molar-refractivity contribution is 0.126. The van der Waals surface area contributed by atoms with Crippen molar-refractivity contribution < 1.29 is 4.42 Å². The Hall–Kier alpha value is -0.800. The summed E-state index contributed by atoms with van der Waals surface area (Å²) in [5.74, 6) is 2.85. The highest BCUT2D eigenvalue weighted by atomic mass is 16.3. The molecule has 1 aliphatic rings. The normalized spacial score (nSPS) is 21.2. The van der Waals surface area contributed by atoms with Crippen LogP contribution in [0.1, 0.15) is 37.3 Å². The Balaban J connectivity index is 2.05. The van der Waals surface area contributed by atoms with Crippen LogP contribution in [0, 0.1) is 12.8 Å². The summed E-state index contributed by atoms with van der Waals surface area (Å²) in [7, 11) is 0. The molecule has 1 fully saturated rings. The minimum atomic E-state index is 0.265. The molecule has 90 valence electrons. The Labute approximate surface area is 97.6 Å². The molecule has 2 rings (SSSR count). The van der Waals surface area contributed by atoms with Crippen LogP contribution < -0.4 is 5.73 Å². The van der Waals surface area contributed by atoms with Gasteiger partial charge in [0.2, 0.25) is 0 Å². The smallest absolute Gasteiger partial charge is 0.122 e. The van der Waals surface area contributed by atoms with Crippen molar-refractivity contribution in [1.29, 1.82) is 0 Å². The Bertz CT molecular complexity index is 326. The molecule has 0 amide bonds. The van der Waals surface area contributed by atoms with Gasteiger partial charge in [0.1, 0.15) is 11.5 Å². The van der Waals surface area contributed by atoms with Crippen LogP contribution in [0.3, 0.4) is 0 Å². The first-order chi connectivity index (χ1) is 7.70. The molecule has 0 bridgehead atoms. The third-order valence-electron chi connectivity index (χ3n) is 3.57. The van der Waals surface area contributed by atoms with E-state index in [1.165, 1.54) is 12.8 Å². The summed E-state index contributed by atoms with van der Waals surface area (Å²) in [6.07, 6.45) is 2.55. The highest BCUT2D eigenvalue weighted by Gasteiger charge is 2.25. The van der Waals surface area contributed by atoms with Gasteiger partial charge >= 0.3 is 0 Å². The summed E-state index contributed by atoms with van der Waals surface area (Å²) in [5, 5.41) is 0. The number of rotatable bonds is 3. The standard InChI is InChI=1S/C13H22N2O/c1-10-5-7-15(8-6-10)12(9-14)13-4-3-11(2)16-13/h3-4,10,12H,5-9,14H2,1-2H3/t12-/m1/s1. The molecule has 2 heterocycles. The lowest BCUT2D eigenvalue weighted by Gasteiger charge is -2.35.